The van der Waals surface area contributed by atoms with Gasteiger partial charge in [0.25, 0.3) is 0 Å². The molecule has 0 aliphatic carbocycles. The Hall–Kier alpha value is -0.580. The fourth-order valence-electron chi connectivity index (χ4n) is 1.20. The predicted molar refractivity (Wildman–Crippen MR) is 58.9 cm³/mol. The Morgan fingerprint density at radius 1 is 1.64 bits per heavy atom. The van der Waals surface area contributed by atoms with Crippen molar-refractivity contribution >= 4 is 11.3 Å². The summed E-state index contributed by atoms with van der Waals surface area (Å²) in [5.74, 6) is 0.943. The Morgan fingerprint density at radius 3 is 3.07 bits per heavy atom. The molecule has 4 heteroatoms. The van der Waals surface area contributed by atoms with Crippen molar-refractivity contribution in [1.82, 2.24) is 5.32 Å². The summed E-state index contributed by atoms with van der Waals surface area (Å²) in [6.45, 7) is 3.11. The summed E-state index contributed by atoms with van der Waals surface area (Å²) >= 11 is 1.68. The van der Waals surface area contributed by atoms with Crippen LogP contribution in [0.3, 0.4) is 0 Å². The molecule has 1 rings (SSSR count). The Morgan fingerprint density at radius 2 is 2.43 bits per heavy atom. The maximum absolute atomic E-state index is 8.73. The average molecular weight is 215 g/mol. The summed E-state index contributed by atoms with van der Waals surface area (Å²) in [5, 5.41) is 14.1. The third-order valence-electron chi connectivity index (χ3n) is 2.10. The first-order valence-electron chi connectivity index (χ1n) is 4.72. The van der Waals surface area contributed by atoms with E-state index in [4.69, 9.17) is 9.84 Å². The highest BCUT2D eigenvalue weighted by Gasteiger charge is 2.05. The maximum atomic E-state index is 8.73. The second-order valence-electron chi connectivity index (χ2n) is 3.21. The molecule has 0 aliphatic heterocycles. The zero-order valence-corrected chi connectivity index (χ0v) is 9.43. The van der Waals surface area contributed by atoms with E-state index >= 15 is 0 Å². The van der Waals surface area contributed by atoms with Crippen LogP contribution in [0.15, 0.2) is 11.4 Å². The molecule has 0 saturated heterocycles. The van der Waals surface area contributed by atoms with Gasteiger partial charge in [-0.2, -0.15) is 0 Å². The molecule has 3 nitrogen and oxygen atoms in total. The van der Waals surface area contributed by atoms with Gasteiger partial charge in [-0.15, -0.1) is 11.3 Å². The molecule has 0 amide bonds. The van der Waals surface area contributed by atoms with Crippen molar-refractivity contribution in [3.63, 3.8) is 0 Å². The quantitative estimate of drug-likeness (QED) is 0.757. The highest BCUT2D eigenvalue weighted by Crippen LogP contribution is 2.23. The van der Waals surface area contributed by atoms with Crippen LogP contribution in [0.4, 0.5) is 0 Å². The van der Waals surface area contributed by atoms with Crippen LogP contribution >= 0.6 is 11.3 Å². The molecule has 14 heavy (non-hydrogen) atoms. The van der Waals surface area contributed by atoms with Gasteiger partial charge in [-0.1, -0.05) is 0 Å². The van der Waals surface area contributed by atoms with Crippen LogP contribution in [0.1, 0.15) is 18.2 Å². The summed E-state index contributed by atoms with van der Waals surface area (Å²) in [7, 11) is 1.68. The van der Waals surface area contributed by atoms with Crippen LogP contribution in [-0.4, -0.2) is 24.9 Å². The minimum atomic E-state index is 0.232. The molecule has 0 saturated carbocycles. The van der Waals surface area contributed by atoms with Crippen LogP contribution in [-0.2, 0) is 6.54 Å². The average Bonchev–Trinajstić information content (AvgIpc) is 2.62. The summed E-state index contributed by atoms with van der Waals surface area (Å²) in [5.41, 5.74) is 0. The molecule has 0 aromatic carbocycles. The van der Waals surface area contributed by atoms with E-state index in [1.807, 2.05) is 11.4 Å². The molecule has 0 unspecified atom stereocenters. The minimum absolute atomic E-state index is 0.232. The second-order valence-corrected chi connectivity index (χ2v) is 4.21. The van der Waals surface area contributed by atoms with Crippen molar-refractivity contribution in [1.29, 1.82) is 0 Å². The van der Waals surface area contributed by atoms with Gasteiger partial charge in [0.15, 0.2) is 0 Å². The first-order chi connectivity index (χ1) is 6.77. The number of hydrogen-bond donors (Lipinski definition) is 2. The van der Waals surface area contributed by atoms with Gasteiger partial charge in [-0.05, 0) is 24.8 Å². The topological polar surface area (TPSA) is 41.5 Å². The Labute approximate surface area is 88.7 Å². The molecule has 0 bridgehead atoms. The van der Waals surface area contributed by atoms with E-state index in [1.54, 1.807) is 18.4 Å². The Kier molecular flexibility index (Phi) is 4.93. The van der Waals surface area contributed by atoms with Crippen molar-refractivity contribution in [3.05, 3.63) is 16.3 Å². The van der Waals surface area contributed by atoms with Crippen LogP contribution in [0.2, 0.25) is 0 Å². The van der Waals surface area contributed by atoms with Crippen molar-refractivity contribution < 1.29 is 9.84 Å². The van der Waals surface area contributed by atoms with Gasteiger partial charge in [0.2, 0.25) is 0 Å². The molecule has 0 aliphatic rings. The fourth-order valence-corrected chi connectivity index (χ4v) is 1.99. The van der Waals surface area contributed by atoms with Crippen LogP contribution in [0, 0.1) is 0 Å². The molecular weight excluding hydrogens is 198 g/mol. The number of nitrogens with one attached hydrogen (secondary N) is 1. The van der Waals surface area contributed by atoms with Gasteiger partial charge in [0.1, 0.15) is 5.75 Å². The van der Waals surface area contributed by atoms with E-state index in [2.05, 4.69) is 12.2 Å². The van der Waals surface area contributed by atoms with E-state index in [-0.39, 0.29) is 6.61 Å². The number of aliphatic hydroxyl groups is 1. The smallest absolute Gasteiger partial charge is 0.134 e. The minimum Gasteiger partial charge on any atom is -0.496 e. The summed E-state index contributed by atoms with van der Waals surface area (Å²) in [6, 6.07) is 2.31. The van der Waals surface area contributed by atoms with Crippen molar-refractivity contribution in [2.75, 3.05) is 13.7 Å². The molecule has 1 aromatic heterocycles. The fraction of sp³-hybridized carbons (Fsp3) is 0.600. The Balaban J connectivity index is 2.37. The van der Waals surface area contributed by atoms with Crippen LogP contribution in [0.25, 0.3) is 0 Å². The predicted octanol–water partition coefficient (Wildman–Crippen LogP) is 1.62. The number of rotatable bonds is 6. The molecule has 0 radical (unpaired) electrons. The van der Waals surface area contributed by atoms with Crippen LogP contribution < -0.4 is 10.1 Å². The zero-order valence-electron chi connectivity index (χ0n) is 8.62. The summed E-state index contributed by atoms with van der Waals surface area (Å²) < 4.78 is 5.20. The molecule has 0 fully saturated rings. The van der Waals surface area contributed by atoms with Gasteiger partial charge in [-0.3, -0.25) is 0 Å². The molecule has 1 aromatic rings. The van der Waals surface area contributed by atoms with E-state index in [0.717, 1.165) is 18.7 Å². The van der Waals surface area contributed by atoms with Crippen LogP contribution in [0.5, 0.6) is 5.75 Å². The normalized spacial score (nSPS) is 12.8. The van der Waals surface area contributed by atoms with Crippen molar-refractivity contribution in [2.45, 2.75) is 25.9 Å². The molecular formula is C10H17NO2S. The van der Waals surface area contributed by atoms with E-state index in [0.29, 0.717) is 6.04 Å². The molecule has 1 heterocycles. The number of methoxy groups -OCH3 is 1. The van der Waals surface area contributed by atoms with E-state index in [1.165, 1.54) is 4.88 Å². The lowest BCUT2D eigenvalue weighted by molar-refractivity contribution is 0.268. The molecule has 1 atom stereocenters. The summed E-state index contributed by atoms with van der Waals surface area (Å²) in [6.07, 6.45) is 0.785. The SMILES string of the molecule is COc1ccsc1CN[C@H](C)CCO. The monoisotopic (exact) mass is 215 g/mol. The number of aliphatic hydroxyl groups excluding tert-OH is 1. The van der Waals surface area contributed by atoms with Gasteiger partial charge >= 0.3 is 0 Å². The third-order valence-corrected chi connectivity index (χ3v) is 3.00. The van der Waals surface area contributed by atoms with E-state index in [9.17, 15) is 0 Å². The highest BCUT2D eigenvalue weighted by molar-refractivity contribution is 7.10. The molecule has 0 spiro atoms. The first kappa shape index (κ1) is 11.5. The third kappa shape index (κ3) is 3.29. The van der Waals surface area contributed by atoms with E-state index < -0.39 is 0 Å². The van der Waals surface area contributed by atoms with Crippen molar-refractivity contribution in [3.8, 4) is 5.75 Å². The lowest BCUT2D eigenvalue weighted by Gasteiger charge is -2.11. The maximum Gasteiger partial charge on any atom is 0.134 e. The molecule has 2 N–H and O–H groups in total. The number of thiophene rings is 1. The Bertz CT molecular complexity index is 262. The first-order valence-corrected chi connectivity index (χ1v) is 5.60. The highest BCUT2D eigenvalue weighted by atomic mass is 32.1. The lowest BCUT2D eigenvalue weighted by atomic mass is 10.2. The van der Waals surface area contributed by atoms with Gasteiger partial charge in [0, 0.05) is 19.2 Å². The lowest BCUT2D eigenvalue weighted by Crippen LogP contribution is -2.26. The second kappa shape index (κ2) is 6.01. The standard InChI is InChI=1S/C10H17NO2S/c1-8(3-5-12)11-7-10-9(13-2)4-6-14-10/h4,6,8,11-12H,3,5,7H2,1-2H3/t8-/m1/s1. The number of ether oxygens (including phenoxy) is 1. The zero-order chi connectivity index (χ0) is 10.4. The van der Waals surface area contributed by atoms with Gasteiger partial charge in [-0.25, -0.2) is 0 Å². The number of hydrogen-bond acceptors (Lipinski definition) is 4. The van der Waals surface area contributed by atoms with Gasteiger partial charge < -0.3 is 15.2 Å². The largest absolute Gasteiger partial charge is 0.496 e. The van der Waals surface area contributed by atoms with Crippen molar-refractivity contribution in [2.24, 2.45) is 0 Å². The van der Waals surface area contributed by atoms with Gasteiger partial charge in [0.05, 0.1) is 12.0 Å². The summed E-state index contributed by atoms with van der Waals surface area (Å²) in [4.78, 5) is 1.21. The molecule has 80 valence electrons.